The minimum atomic E-state index is -1.28. The van der Waals surface area contributed by atoms with Crippen LogP contribution in [0.4, 0.5) is 0 Å². The molecule has 212 valence electrons. The number of carboxylic acid groups (broad SMARTS) is 1. The molecule has 0 spiro atoms. The number of aromatic hydroxyl groups is 1. The lowest BCUT2D eigenvalue weighted by molar-refractivity contribution is -0.142. The first-order valence-electron chi connectivity index (χ1n) is 12.8. The van der Waals surface area contributed by atoms with Crippen molar-refractivity contribution in [3.8, 4) is 5.75 Å². The predicted octanol–water partition coefficient (Wildman–Crippen LogP) is 0.471. The van der Waals surface area contributed by atoms with Gasteiger partial charge in [-0.05, 0) is 36.1 Å². The molecule has 0 aliphatic rings. The van der Waals surface area contributed by atoms with E-state index >= 15 is 0 Å². The van der Waals surface area contributed by atoms with E-state index in [4.69, 9.17) is 5.73 Å². The SMILES string of the molecule is CCC(C)C(NC(=O)C(Cc1ccccc1)NC(=O)C(N)C(C)O)C(=O)NC(Cc1ccc(O)cc1)C(=O)O. The zero-order valence-corrected chi connectivity index (χ0v) is 22.3. The zero-order valence-electron chi connectivity index (χ0n) is 22.3. The number of phenolic OH excluding ortho intramolecular Hbond substituents is 1. The van der Waals surface area contributed by atoms with Gasteiger partial charge in [0.2, 0.25) is 17.7 Å². The van der Waals surface area contributed by atoms with Crippen molar-refractivity contribution in [3.63, 3.8) is 0 Å². The van der Waals surface area contributed by atoms with Gasteiger partial charge in [-0.15, -0.1) is 0 Å². The zero-order chi connectivity index (χ0) is 29.1. The number of aliphatic hydroxyl groups is 1. The third kappa shape index (κ3) is 9.69. The maximum Gasteiger partial charge on any atom is 0.326 e. The molecule has 8 N–H and O–H groups in total. The number of nitrogens with two attached hydrogens (primary N) is 1. The van der Waals surface area contributed by atoms with Gasteiger partial charge in [0.05, 0.1) is 6.10 Å². The normalized spacial score (nSPS) is 15.6. The number of carboxylic acids is 1. The van der Waals surface area contributed by atoms with Gasteiger partial charge in [0.25, 0.3) is 0 Å². The highest BCUT2D eigenvalue weighted by molar-refractivity contribution is 5.94. The molecule has 6 unspecified atom stereocenters. The highest BCUT2D eigenvalue weighted by atomic mass is 16.4. The molecule has 0 saturated carbocycles. The Kier molecular flexibility index (Phi) is 11.9. The van der Waals surface area contributed by atoms with Gasteiger partial charge in [-0.3, -0.25) is 14.4 Å². The average Bonchev–Trinajstić information content (AvgIpc) is 2.91. The standard InChI is InChI=1S/C28H38N4O7/c1-4-16(2)24(27(37)31-22(28(38)39)15-19-10-12-20(34)13-11-19)32-25(35)21(14-18-8-6-5-7-9-18)30-26(36)23(29)17(3)33/h5-13,16-17,21-24,33-34H,4,14-15,29H2,1-3H3,(H,30,36)(H,31,37)(H,32,35)(H,38,39). The summed E-state index contributed by atoms with van der Waals surface area (Å²) >= 11 is 0. The number of amides is 3. The lowest BCUT2D eigenvalue weighted by Crippen LogP contribution is -2.60. The molecule has 0 bridgehead atoms. The summed E-state index contributed by atoms with van der Waals surface area (Å²) < 4.78 is 0. The number of aliphatic carboxylic acids is 1. The lowest BCUT2D eigenvalue weighted by atomic mass is 9.96. The maximum atomic E-state index is 13.4. The van der Waals surface area contributed by atoms with Crippen molar-refractivity contribution in [3.05, 3.63) is 65.7 Å². The van der Waals surface area contributed by atoms with Gasteiger partial charge in [-0.2, -0.15) is 0 Å². The Labute approximate surface area is 227 Å². The molecule has 2 aromatic carbocycles. The van der Waals surface area contributed by atoms with E-state index in [0.29, 0.717) is 12.0 Å². The Bertz CT molecular complexity index is 1110. The molecule has 11 nitrogen and oxygen atoms in total. The van der Waals surface area contributed by atoms with Crippen LogP contribution in [-0.2, 0) is 32.0 Å². The highest BCUT2D eigenvalue weighted by Gasteiger charge is 2.33. The molecule has 0 radical (unpaired) electrons. The summed E-state index contributed by atoms with van der Waals surface area (Å²) in [5.74, 6) is -3.67. The molecular weight excluding hydrogens is 504 g/mol. The first-order valence-corrected chi connectivity index (χ1v) is 12.8. The van der Waals surface area contributed by atoms with Gasteiger partial charge < -0.3 is 37.0 Å². The van der Waals surface area contributed by atoms with Crippen molar-refractivity contribution in [2.24, 2.45) is 11.7 Å². The molecular formula is C28H38N4O7. The van der Waals surface area contributed by atoms with Gasteiger partial charge >= 0.3 is 5.97 Å². The van der Waals surface area contributed by atoms with Crippen molar-refractivity contribution >= 4 is 23.7 Å². The van der Waals surface area contributed by atoms with Crippen LogP contribution in [0.1, 0.15) is 38.3 Å². The van der Waals surface area contributed by atoms with Crippen LogP contribution in [0.15, 0.2) is 54.6 Å². The molecule has 0 saturated heterocycles. The van der Waals surface area contributed by atoms with Crippen molar-refractivity contribution in [2.45, 2.75) is 70.3 Å². The molecule has 0 heterocycles. The number of benzene rings is 2. The van der Waals surface area contributed by atoms with Crippen LogP contribution in [0.2, 0.25) is 0 Å². The fourth-order valence-electron chi connectivity index (χ4n) is 3.83. The number of nitrogens with one attached hydrogen (secondary N) is 3. The quantitative estimate of drug-likeness (QED) is 0.179. The number of phenols is 1. The van der Waals surface area contributed by atoms with Gasteiger partial charge in [-0.1, -0.05) is 62.7 Å². The van der Waals surface area contributed by atoms with E-state index in [0.717, 1.165) is 5.56 Å². The van der Waals surface area contributed by atoms with Crippen LogP contribution in [0.3, 0.4) is 0 Å². The molecule has 2 rings (SSSR count). The monoisotopic (exact) mass is 542 g/mol. The summed E-state index contributed by atoms with van der Waals surface area (Å²) in [6.07, 6.45) is -0.591. The van der Waals surface area contributed by atoms with Gasteiger partial charge in [0, 0.05) is 12.8 Å². The number of hydrogen-bond donors (Lipinski definition) is 7. The number of carbonyl (C=O) groups excluding carboxylic acids is 3. The minimum absolute atomic E-state index is 0.0285. The fourth-order valence-corrected chi connectivity index (χ4v) is 3.83. The maximum absolute atomic E-state index is 13.4. The van der Waals surface area contributed by atoms with Crippen molar-refractivity contribution < 1.29 is 34.5 Å². The van der Waals surface area contributed by atoms with Gasteiger partial charge in [0.1, 0.15) is 29.9 Å². The Morgan fingerprint density at radius 2 is 1.33 bits per heavy atom. The first-order chi connectivity index (χ1) is 18.4. The Hall–Kier alpha value is -3.96. The fraction of sp³-hybridized carbons (Fsp3) is 0.429. The minimum Gasteiger partial charge on any atom is -0.508 e. The molecule has 0 aliphatic carbocycles. The number of carbonyl (C=O) groups is 4. The van der Waals surface area contributed by atoms with Crippen LogP contribution in [0.25, 0.3) is 0 Å². The van der Waals surface area contributed by atoms with Crippen LogP contribution in [0, 0.1) is 5.92 Å². The molecule has 6 atom stereocenters. The molecule has 2 aromatic rings. The molecule has 0 aromatic heterocycles. The van der Waals surface area contributed by atoms with E-state index in [-0.39, 0.29) is 24.5 Å². The molecule has 39 heavy (non-hydrogen) atoms. The third-order valence-electron chi connectivity index (χ3n) is 6.52. The van der Waals surface area contributed by atoms with Crippen LogP contribution >= 0.6 is 0 Å². The van der Waals surface area contributed by atoms with E-state index in [2.05, 4.69) is 16.0 Å². The van der Waals surface area contributed by atoms with Crippen LogP contribution in [-0.4, -0.2) is 69.3 Å². The van der Waals surface area contributed by atoms with Crippen molar-refractivity contribution in [1.82, 2.24) is 16.0 Å². The van der Waals surface area contributed by atoms with Crippen LogP contribution in [0.5, 0.6) is 5.75 Å². The number of hydrogen-bond acceptors (Lipinski definition) is 7. The molecule has 11 heteroatoms. The lowest BCUT2D eigenvalue weighted by Gasteiger charge is -2.28. The summed E-state index contributed by atoms with van der Waals surface area (Å²) in [7, 11) is 0. The van der Waals surface area contributed by atoms with E-state index in [1.54, 1.807) is 49.4 Å². The largest absolute Gasteiger partial charge is 0.508 e. The third-order valence-corrected chi connectivity index (χ3v) is 6.52. The number of aliphatic hydroxyl groups excluding tert-OH is 1. The second-order valence-corrected chi connectivity index (χ2v) is 9.66. The molecule has 0 aliphatic heterocycles. The van der Waals surface area contributed by atoms with E-state index in [1.807, 2.05) is 6.92 Å². The van der Waals surface area contributed by atoms with Crippen molar-refractivity contribution in [2.75, 3.05) is 0 Å². The van der Waals surface area contributed by atoms with Gasteiger partial charge in [0.15, 0.2) is 0 Å². The van der Waals surface area contributed by atoms with Gasteiger partial charge in [-0.25, -0.2) is 4.79 Å². The Morgan fingerprint density at radius 3 is 1.87 bits per heavy atom. The summed E-state index contributed by atoms with van der Waals surface area (Å²) in [4.78, 5) is 51.2. The Morgan fingerprint density at radius 1 is 0.795 bits per heavy atom. The molecule has 3 amide bonds. The van der Waals surface area contributed by atoms with E-state index in [9.17, 15) is 34.5 Å². The topological polar surface area (TPSA) is 191 Å². The average molecular weight is 543 g/mol. The predicted molar refractivity (Wildman–Crippen MR) is 144 cm³/mol. The first kappa shape index (κ1) is 31.3. The van der Waals surface area contributed by atoms with E-state index in [1.165, 1.54) is 19.1 Å². The second-order valence-electron chi connectivity index (χ2n) is 9.66. The Balaban J connectivity index is 2.24. The van der Waals surface area contributed by atoms with E-state index < -0.39 is 54.0 Å². The number of rotatable bonds is 14. The second kappa shape index (κ2) is 14.8. The summed E-state index contributed by atoms with van der Waals surface area (Å²) in [5.41, 5.74) is 7.08. The smallest absolute Gasteiger partial charge is 0.326 e. The summed E-state index contributed by atoms with van der Waals surface area (Å²) in [6.45, 7) is 4.93. The van der Waals surface area contributed by atoms with Crippen LogP contribution < -0.4 is 21.7 Å². The molecule has 0 fully saturated rings. The van der Waals surface area contributed by atoms with Crippen molar-refractivity contribution in [1.29, 1.82) is 0 Å². The highest BCUT2D eigenvalue weighted by Crippen LogP contribution is 2.14. The summed E-state index contributed by atoms with van der Waals surface area (Å²) in [5, 5.41) is 36.6. The summed E-state index contributed by atoms with van der Waals surface area (Å²) in [6, 6.07) is 10.1.